The lowest BCUT2D eigenvalue weighted by atomic mass is 9.77. The molecule has 4 heteroatoms. The number of benzene rings is 1. The first kappa shape index (κ1) is 12.2. The Bertz CT molecular complexity index is 582. The van der Waals surface area contributed by atoms with Gasteiger partial charge in [0.1, 0.15) is 4.60 Å². The molecule has 2 aromatic rings. The van der Waals surface area contributed by atoms with Gasteiger partial charge in [-0.15, -0.1) is 0 Å². The molecule has 3 rings (SSSR count). The largest absolute Gasteiger partial charge is 0.330 e. The van der Waals surface area contributed by atoms with Crippen LogP contribution in [0, 0.1) is 0 Å². The smallest absolute Gasteiger partial charge is 0.136 e. The molecule has 0 spiro atoms. The normalized spacial score (nSPS) is 18.6. The SMILES string of the molecule is Cn1nc(Br)c2c(C3(CN)CCCC3)cccc21. The van der Waals surface area contributed by atoms with Crippen LogP contribution in [0.4, 0.5) is 0 Å². The molecule has 0 saturated heterocycles. The van der Waals surface area contributed by atoms with Gasteiger partial charge >= 0.3 is 0 Å². The van der Waals surface area contributed by atoms with E-state index in [1.54, 1.807) is 0 Å². The fourth-order valence-electron chi connectivity index (χ4n) is 3.34. The van der Waals surface area contributed by atoms with Crippen molar-refractivity contribution in [3.8, 4) is 0 Å². The van der Waals surface area contributed by atoms with Crippen LogP contribution in [0.15, 0.2) is 22.8 Å². The van der Waals surface area contributed by atoms with Gasteiger partial charge in [0.15, 0.2) is 0 Å². The number of hydrogen-bond acceptors (Lipinski definition) is 2. The van der Waals surface area contributed by atoms with E-state index in [4.69, 9.17) is 5.73 Å². The zero-order chi connectivity index (χ0) is 12.8. The number of nitrogens with two attached hydrogens (primary N) is 1. The van der Waals surface area contributed by atoms with Crippen LogP contribution in [0.2, 0.25) is 0 Å². The van der Waals surface area contributed by atoms with Crippen molar-refractivity contribution in [2.75, 3.05) is 6.54 Å². The summed E-state index contributed by atoms with van der Waals surface area (Å²) in [5, 5.41) is 5.72. The molecule has 1 saturated carbocycles. The molecule has 0 atom stereocenters. The van der Waals surface area contributed by atoms with Gasteiger partial charge in [0.25, 0.3) is 0 Å². The van der Waals surface area contributed by atoms with Crippen molar-refractivity contribution < 1.29 is 0 Å². The number of fused-ring (bicyclic) bond motifs is 1. The van der Waals surface area contributed by atoms with Gasteiger partial charge in [-0.1, -0.05) is 25.0 Å². The van der Waals surface area contributed by atoms with Crippen LogP contribution in [0.3, 0.4) is 0 Å². The Morgan fingerprint density at radius 3 is 2.78 bits per heavy atom. The lowest BCUT2D eigenvalue weighted by Gasteiger charge is -2.28. The maximum atomic E-state index is 6.11. The predicted octanol–water partition coefficient (Wildman–Crippen LogP) is 3.11. The minimum Gasteiger partial charge on any atom is -0.330 e. The molecule has 3 nitrogen and oxygen atoms in total. The quantitative estimate of drug-likeness (QED) is 0.926. The lowest BCUT2D eigenvalue weighted by Crippen LogP contribution is -2.32. The topological polar surface area (TPSA) is 43.8 Å². The molecule has 0 unspecified atom stereocenters. The van der Waals surface area contributed by atoms with Crippen molar-refractivity contribution in [1.29, 1.82) is 0 Å². The molecule has 0 amide bonds. The third-order valence-corrected chi connectivity index (χ3v) is 4.91. The second-order valence-electron chi connectivity index (χ2n) is 5.31. The molecule has 96 valence electrons. The summed E-state index contributed by atoms with van der Waals surface area (Å²) in [7, 11) is 1.99. The zero-order valence-electron chi connectivity index (χ0n) is 10.6. The van der Waals surface area contributed by atoms with E-state index in [-0.39, 0.29) is 5.41 Å². The first-order valence-electron chi connectivity index (χ1n) is 6.50. The van der Waals surface area contributed by atoms with Gasteiger partial charge in [-0.2, -0.15) is 5.10 Å². The van der Waals surface area contributed by atoms with Gasteiger partial charge in [0.05, 0.1) is 5.52 Å². The molecule has 1 aromatic heterocycles. The summed E-state index contributed by atoms with van der Waals surface area (Å²) in [6.45, 7) is 0.730. The van der Waals surface area contributed by atoms with Gasteiger partial charge in [-0.25, -0.2) is 0 Å². The minimum atomic E-state index is 0.158. The van der Waals surface area contributed by atoms with Gasteiger partial charge in [0, 0.05) is 24.4 Å². The lowest BCUT2D eigenvalue weighted by molar-refractivity contribution is 0.457. The minimum absolute atomic E-state index is 0.158. The van der Waals surface area contributed by atoms with E-state index in [1.165, 1.54) is 42.1 Å². The van der Waals surface area contributed by atoms with E-state index in [0.29, 0.717) is 0 Å². The Balaban J connectivity index is 2.28. The molecule has 1 aliphatic carbocycles. The van der Waals surface area contributed by atoms with Gasteiger partial charge in [0.2, 0.25) is 0 Å². The van der Waals surface area contributed by atoms with Crippen LogP contribution < -0.4 is 5.73 Å². The van der Waals surface area contributed by atoms with Crippen LogP contribution in [-0.2, 0) is 12.5 Å². The summed E-state index contributed by atoms with van der Waals surface area (Å²) in [5.74, 6) is 0. The number of rotatable bonds is 2. The molecule has 18 heavy (non-hydrogen) atoms. The zero-order valence-corrected chi connectivity index (χ0v) is 12.2. The van der Waals surface area contributed by atoms with Crippen molar-refractivity contribution in [2.45, 2.75) is 31.1 Å². The highest BCUT2D eigenvalue weighted by Gasteiger charge is 2.36. The molecule has 0 radical (unpaired) electrons. The summed E-state index contributed by atoms with van der Waals surface area (Å²) in [6, 6.07) is 6.48. The van der Waals surface area contributed by atoms with Crippen molar-refractivity contribution in [3.63, 3.8) is 0 Å². The highest BCUT2D eigenvalue weighted by atomic mass is 79.9. The van der Waals surface area contributed by atoms with Crippen molar-refractivity contribution in [3.05, 3.63) is 28.4 Å². The number of aryl methyl sites for hydroxylation is 1. The fraction of sp³-hybridized carbons (Fsp3) is 0.500. The third kappa shape index (κ3) is 1.62. The van der Waals surface area contributed by atoms with E-state index in [1.807, 2.05) is 11.7 Å². The predicted molar refractivity (Wildman–Crippen MR) is 77.6 cm³/mol. The molecule has 0 aliphatic heterocycles. The molecular weight excluding hydrogens is 290 g/mol. The summed E-state index contributed by atoms with van der Waals surface area (Å²) in [6.07, 6.45) is 4.96. The molecule has 1 fully saturated rings. The molecule has 1 aromatic carbocycles. The average Bonchev–Trinajstić information content (AvgIpc) is 2.97. The molecule has 1 heterocycles. The van der Waals surface area contributed by atoms with Gasteiger partial charge < -0.3 is 5.73 Å². The number of nitrogens with zero attached hydrogens (tertiary/aromatic N) is 2. The molecule has 2 N–H and O–H groups in total. The summed E-state index contributed by atoms with van der Waals surface area (Å²) < 4.78 is 2.87. The highest BCUT2D eigenvalue weighted by Crippen LogP contribution is 2.44. The van der Waals surface area contributed by atoms with Crippen molar-refractivity contribution >= 4 is 26.8 Å². The van der Waals surface area contributed by atoms with E-state index in [0.717, 1.165) is 11.1 Å². The monoisotopic (exact) mass is 307 g/mol. The average molecular weight is 308 g/mol. The van der Waals surface area contributed by atoms with Crippen LogP contribution in [0.1, 0.15) is 31.2 Å². The van der Waals surface area contributed by atoms with Gasteiger partial charge in [-0.05, 0) is 40.4 Å². The third-order valence-electron chi connectivity index (χ3n) is 4.36. The van der Waals surface area contributed by atoms with Crippen LogP contribution >= 0.6 is 15.9 Å². The maximum Gasteiger partial charge on any atom is 0.136 e. The van der Waals surface area contributed by atoms with Gasteiger partial charge in [-0.3, -0.25) is 4.68 Å². The van der Waals surface area contributed by atoms with E-state index < -0.39 is 0 Å². The van der Waals surface area contributed by atoms with Crippen molar-refractivity contribution in [1.82, 2.24) is 9.78 Å². The van der Waals surface area contributed by atoms with E-state index in [9.17, 15) is 0 Å². The summed E-state index contributed by atoms with van der Waals surface area (Å²) in [4.78, 5) is 0. The Morgan fingerprint density at radius 1 is 1.39 bits per heavy atom. The maximum absolute atomic E-state index is 6.11. The number of hydrogen-bond donors (Lipinski definition) is 1. The van der Waals surface area contributed by atoms with Crippen LogP contribution in [0.25, 0.3) is 10.9 Å². The Labute approximate surface area is 115 Å². The van der Waals surface area contributed by atoms with Crippen molar-refractivity contribution in [2.24, 2.45) is 12.8 Å². The summed E-state index contributed by atoms with van der Waals surface area (Å²) >= 11 is 3.60. The second-order valence-corrected chi connectivity index (χ2v) is 6.06. The Hall–Kier alpha value is -0.870. The summed E-state index contributed by atoms with van der Waals surface area (Å²) in [5.41, 5.74) is 8.82. The number of aromatic nitrogens is 2. The molecule has 0 bridgehead atoms. The first-order valence-corrected chi connectivity index (χ1v) is 7.29. The fourth-order valence-corrected chi connectivity index (χ4v) is 3.99. The standard InChI is InChI=1S/C14H18BrN3/c1-18-11-6-4-5-10(12(11)13(15)17-18)14(9-16)7-2-3-8-14/h4-6H,2-3,7-9,16H2,1H3. The number of halogens is 1. The Kier molecular flexibility index (Phi) is 2.94. The second kappa shape index (κ2) is 4.35. The van der Waals surface area contributed by atoms with E-state index >= 15 is 0 Å². The Morgan fingerprint density at radius 2 is 2.11 bits per heavy atom. The van der Waals surface area contributed by atoms with Crippen LogP contribution in [0.5, 0.6) is 0 Å². The first-order chi connectivity index (χ1) is 8.68. The molecule has 1 aliphatic rings. The highest BCUT2D eigenvalue weighted by molar-refractivity contribution is 9.10. The van der Waals surface area contributed by atoms with E-state index in [2.05, 4.69) is 39.2 Å². The molecular formula is C14H18BrN3. The van der Waals surface area contributed by atoms with Crippen LogP contribution in [-0.4, -0.2) is 16.3 Å².